The lowest BCUT2D eigenvalue weighted by Crippen LogP contribution is -1.96. The van der Waals surface area contributed by atoms with E-state index in [1.165, 1.54) is 0 Å². The van der Waals surface area contributed by atoms with E-state index in [4.69, 9.17) is 10.8 Å². The highest BCUT2D eigenvalue weighted by atomic mass is 79.9. The Morgan fingerprint density at radius 2 is 2.40 bits per heavy atom. The summed E-state index contributed by atoms with van der Waals surface area (Å²) in [5.41, 5.74) is 6.51. The van der Waals surface area contributed by atoms with Gasteiger partial charge in [-0.25, -0.2) is 0 Å². The Hall–Kier alpha value is -0.610. The molecule has 0 saturated heterocycles. The van der Waals surface area contributed by atoms with Gasteiger partial charge < -0.3 is 10.8 Å². The Balaban J connectivity index is 3.07. The highest BCUT2D eigenvalue weighted by Gasteiger charge is 1.97. The molecule has 4 heteroatoms. The molecule has 54 valence electrons. The van der Waals surface area contributed by atoms with Crippen molar-refractivity contribution >= 4 is 21.6 Å². The van der Waals surface area contributed by atoms with Crippen molar-refractivity contribution in [1.82, 2.24) is 4.98 Å². The summed E-state index contributed by atoms with van der Waals surface area (Å²) < 4.78 is 0.821. The second-order valence-corrected chi connectivity index (χ2v) is 2.76. The number of hydrogen-bond donors (Lipinski definition) is 2. The first-order chi connectivity index (χ1) is 4.74. The number of nitrogens with two attached hydrogens (primary N) is 1. The summed E-state index contributed by atoms with van der Waals surface area (Å²) in [6.45, 7) is -0.112. The Kier molecular flexibility index (Phi) is 2.24. The fraction of sp³-hybridized carbons (Fsp3) is 0.167. The van der Waals surface area contributed by atoms with Gasteiger partial charge in [0.2, 0.25) is 0 Å². The molecule has 10 heavy (non-hydrogen) atoms. The molecule has 0 fully saturated rings. The number of pyridine rings is 1. The van der Waals surface area contributed by atoms with E-state index in [2.05, 4.69) is 20.9 Å². The fourth-order valence-corrected chi connectivity index (χ4v) is 0.964. The third-order valence-electron chi connectivity index (χ3n) is 1.12. The first-order valence-corrected chi connectivity index (χ1v) is 3.54. The number of aliphatic hydroxyl groups is 1. The lowest BCUT2D eigenvalue weighted by atomic mass is 10.3. The Labute approximate surface area is 67.0 Å². The summed E-state index contributed by atoms with van der Waals surface area (Å²) in [5.74, 6) is 0. The SMILES string of the molecule is Nc1cc(Br)cnc1CO. The van der Waals surface area contributed by atoms with Gasteiger partial charge in [0.15, 0.2) is 0 Å². The van der Waals surface area contributed by atoms with Gasteiger partial charge in [0, 0.05) is 10.7 Å². The standard InChI is InChI=1S/C6H7BrN2O/c7-4-1-5(8)6(3-10)9-2-4/h1-2,10H,3,8H2. The zero-order valence-corrected chi connectivity index (χ0v) is 6.80. The topological polar surface area (TPSA) is 59.1 Å². The van der Waals surface area contributed by atoms with Gasteiger partial charge in [0.25, 0.3) is 0 Å². The van der Waals surface area contributed by atoms with E-state index in [9.17, 15) is 0 Å². The van der Waals surface area contributed by atoms with Crippen molar-refractivity contribution in [2.24, 2.45) is 0 Å². The van der Waals surface area contributed by atoms with Gasteiger partial charge in [-0.15, -0.1) is 0 Å². The minimum atomic E-state index is -0.112. The average Bonchev–Trinajstić information content (AvgIpc) is 1.88. The van der Waals surface area contributed by atoms with Crippen LogP contribution in [0.25, 0.3) is 0 Å². The van der Waals surface area contributed by atoms with Gasteiger partial charge in [-0.1, -0.05) is 0 Å². The maximum Gasteiger partial charge on any atom is 0.0887 e. The van der Waals surface area contributed by atoms with E-state index >= 15 is 0 Å². The summed E-state index contributed by atoms with van der Waals surface area (Å²) in [5, 5.41) is 8.65. The molecule has 0 aliphatic carbocycles. The van der Waals surface area contributed by atoms with Crippen LogP contribution < -0.4 is 5.73 Å². The second-order valence-electron chi connectivity index (χ2n) is 1.85. The molecule has 0 unspecified atom stereocenters. The molecule has 0 spiro atoms. The summed E-state index contributed by atoms with van der Waals surface area (Å²) >= 11 is 3.20. The maximum absolute atomic E-state index is 8.65. The summed E-state index contributed by atoms with van der Waals surface area (Å²) in [6, 6.07) is 1.71. The molecule has 0 atom stereocenters. The molecule has 1 aromatic heterocycles. The molecular weight excluding hydrogens is 196 g/mol. The number of nitrogen functional groups attached to an aromatic ring is 1. The molecule has 0 aliphatic rings. The van der Waals surface area contributed by atoms with Crippen molar-refractivity contribution in [1.29, 1.82) is 0 Å². The van der Waals surface area contributed by atoms with Crippen LogP contribution in [0.1, 0.15) is 5.69 Å². The van der Waals surface area contributed by atoms with E-state index in [0.717, 1.165) is 4.47 Å². The van der Waals surface area contributed by atoms with Crippen LogP contribution in [0.15, 0.2) is 16.7 Å². The number of halogens is 1. The summed E-state index contributed by atoms with van der Waals surface area (Å²) in [6.07, 6.45) is 1.60. The predicted molar refractivity (Wildman–Crippen MR) is 42.3 cm³/mol. The van der Waals surface area contributed by atoms with Crippen LogP contribution in [0, 0.1) is 0 Å². The smallest absolute Gasteiger partial charge is 0.0887 e. The molecule has 3 nitrogen and oxygen atoms in total. The largest absolute Gasteiger partial charge is 0.397 e. The first-order valence-electron chi connectivity index (χ1n) is 2.75. The number of anilines is 1. The zero-order chi connectivity index (χ0) is 7.56. The quantitative estimate of drug-likeness (QED) is 0.713. The Morgan fingerprint density at radius 3 is 2.90 bits per heavy atom. The molecule has 0 bridgehead atoms. The lowest BCUT2D eigenvalue weighted by molar-refractivity contribution is 0.277. The maximum atomic E-state index is 8.65. The van der Waals surface area contributed by atoms with Crippen LogP contribution in [0.3, 0.4) is 0 Å². The van der Waals surface area contributed by atoms with Crippen molar-refractivity contribution in [3.05, 3.63) is 22.4 Å². The van der Waals surface area contributed by atoms with Gasteiger partial charge >= 0.3 is 0 Å². The van der Waals surface area contributed by atoms with Crippen molar-refractivity contribution in [3.8, 4) is 0 Å². The third-order valence-corrected chi connectivity index (χ3v) is 1.55. The number of rotatable bonds is 1. The number of hydrogen-bond acceptors (Lipinski definition) is 3. The van der Waals surface area contributed by atoms with Crippen LogP contribution in [0.4, 0.5) is 5.69 Å². The monoisotopic (exact) mass is 202 g/mol. The zero-order valence-electron chi connectivity index (χ0n) is 5.21. The fourth-order valence-electron chi connectivity index (χ4n) is 0.615. The average molecular weight is 203 g/mol. The molecule has 1 heterocycles. The van der Waals surface area contributed by atoms with Gasteiger partial charge in [-0.05, 0) is 22.0 Å². The van der Waals surface area contributed by atoms with Gasteiger partial charge in [0.05, 0.1) is 18.0 Å². The minimum Gasteiger partial charge on any atom is -0.397 e. The molecule has 0 amide bonds. The lowest BCUT2D eigenvalue weighted by Gasteiger charge is -1.99. The summed E-state index contributed by atoms with van der Waals surface area (Å²) in [7, 11) is 0. The van der Waals surface area contributed by atoms with E-state index in [1.54, 1.807) is 12.3 Å². The van der Waals surface area contributed by atoms with E-state index in [-0.39, 0.29) is 6.61 Å². The minimum absolute atomic E-state index is 0.112. The first kappa shape index (κ1) is 7.50. The molecule has 1 aromatic rings. The second kappa shape index (κ2) is 2.98. The molecule has 0 radical (unpaired) electrons. The molecule has 0 aromatic carbocycles. The highest BCUT2D eigenvalue weighted by Crippen LogP contribution is 2.14. The number of aliphatic hydroxyl groups excluding tert-OH is 1. The van der Waals surface area contributed by atoms with Crippen LogP contribution in [0.5, 0.6) is 0 Å². The van der Waals surface area contributed by atoms with Crippen LogP contribution >= 0.6 is 15.9 Å². The predicted octanol–water partition coefficient (Wildman–Crippen LogP) is 0.919. The molecule has 0 saturated carbocycles. The summed E-state index contributed by atoms with van der Waals surface area (Å²) in [4.78, 5) is 3.87. The van der Waals surface area contributed by atoms with Crippen molar-refractivity contribution in [2.45, 2.75) is 6.61 Å². The number of nitrogens with zero attached hydrogens (tertiary/aromatic N) is 1. The van der Waals surface area contributed by atoms with Crippen molar-refractivity contribution < 1.29 is 5.11 Å². The molecule has 1 rings (SSSR count). The van der Waals surface area contributed by atoms with Gasteiger partial charge in [0.1, 0.15) is 0 Å². The van der Waals surface area contributed by atoms with E-state index in [0.29, 0.717) is 11.4 Å². The highest BCUT2D eigenvalue weighted by molar-refractivity contribution is 9.10. The molecule has 3 N–H and O–H groups in total. The normalized spacial score (nSPS) is 9.80. The van der Waals surface area contributed by atoms with E-state index < -0.39 is 0 Å². The Morgan fingerprint density at radius 1 is 1.70 bits per heavy atom. The van der Waals surface area contributed by atoms with Crippen molar-refractivity contribution in [2.75, 3.05) is 5.73 Å². The van der Waals surface area contributed by atoms with Gasteiger partial charge in [-0.2, -0.15) is 0 Å². The van der Waals surface area contributed by atoms with Gasteiger partial charge in [-0.3, -0.25) is 4.98 Å². The molecule has 0 aliphatic heterocycles. The third kappa shape index (κ3) is 1.46. The Bertz CT molecular complexity index is 239. The molecular formula is C6H7BrN2O. The van der Waals surface area contributed by atoms with Crippen LogP contribution in [-0.2, 0) is 6.61 Å². The van der Waals surface area contributed by atoms with E-state index in [1.807, 2.05) is 0 Å². The van der Waals surface area contributed by atoms with Crippen molar-refractivity contribution in [3.63, 3.8) is 0 Å². The number of aromatic nitrogens is 1. The van der Waals surface area contributed by atoms with Crippen LogP contribution in [-0.4, -0.2) is 10.1 Å². The van der Waals surface area contributed by atoms with Crippen LogP contribution in [0.2, 0.25) is 0 Å².